The molecule has 40 heavy (non-hydrogen) atoms. The Morgan fingerprint density at radius 3 is 2.55 bits per heavy atom. The zero-order valence-electron chi connectivity index (χ0n) is 22.7. The van der Waals surface area contributed by atoms with Gasteiger partial charge in [-0.15, -0.1) is 0 Å². The Hall–Kier alpha value is -3.37. The molecule has 12 heteroatoms. The standard InChI is InChI=1S/C28H31Cl2N7O3/c1-28(2,3)40-27(39)36-14-21-22(15-36)37(24(33-21)17-6-7-19(29)20(30)12-17)23-8-10-31-26(34-23)32-18-9-11-35(13-18)25(38)16-4-5-16/h6-8,10,12,16,18H,4-5,9,11,13-15H2,1-3H3,(H,31,32,34)/t18-/m0/s1. The van der Waals surface area contributed by atoms with Crippen molar-refractivity contribution in [3.8, 4) is 17.2 Å². The number of hydrogen-bond donors (Lipinski definition) is 1. The van der Waals surface area contributed by atoms with Gasteiger partial charge in [0.25, 0.3) is 0 Å². The summed E-state index contributed by atoms with van der Waals surface area (Å²) in [6.07, 6.45) is 4.13. The summed E-state index contributed by atoms with van der Waals surface area (Å²) in [6.45, 7) is 7.54. The highest BCUT2D eigenvalue weighted by molar-refractivity contribution is 6.42. The van der Waals surface area contributed by atoms with Crippen LogP contribution in [0.15, 0.2) is 30.5 Å². The van der Waals surface area contributed by atoms with Gasteiger partial charge >= 0.3 is 6.09 Å². The monoisotopic (exact) mass is 583 g/mol. The first-order chi connectivity index (χ1) is 19.1. The molecule has 3 aromatic rings. The number of nitrogens with zero attached hydrogens (tertiary/aromatic N) is 6. The molecule has 1 aromatic carbocycles. The van der Waals surface area contributed by atoms with Crippen molar-refractivity contribution >= 4 is 41.2 Å². The van der Waals surface area contributed by atoms with Crippen LogP contribution in [-0.4, -0.2) is 66.1 Å². The van der Waals surface area contributed by atoms with E-state index in [0.29, 0.717) is 47.3 Å². The van der Waals surface area contributed by atoms with Crippen LogP contribution in [0.1, 0.15) is 51.4 Å². The van der Waals surface area contributed by atoms with Crippen LogP contribution in [0.25, 0.3) is 17.2 Å². The van der Waals surface area contributed by atoms with Crippen LogP contribution in [0.4, 0.5) is 10.7 Å². The minimum Gasteiger partial charge on any atom is -0.444 e. The normalized spacial score (nSPS) is 18.7. The number of carbonyl (C=O) groups excluding carboxylic acids is 2. The Morgan fingerprint density at radius 2 is 1.82 bits per heavy atom. The third kappa shape index (κ3) is 5.47. The van der Waals surface area contributed by atoms with Crippen LogP contribution in [0.3, 0.4) is 0 Å². The molecule has 2 fully saturated rings. The Morgan fingerprint density at radius 1 is 1.02 bits per heavy atom. The average Bonchev–Trinajstić information content (AvgIpc) is 3.33. The van der Waals surface area contributed by atoms with Gasteiger partial charge in [0.15, 0.2) is 0 Å². The Balaban J connectivity index is 1.30. The van der Waals surface area contributed by atoms with Gasteiger partial charge in [-0.05, 0) is 64.3 Å². The van der Waals surface area contributed by atoms with Gasteiger partial charge < -0.3 is 15.0 Å². The van der Waals surface area contributed by atoms with Gasteiger partial charge in [-0.1, -0.05) is 23.2 Å². The lowest BCUT2D eigenvalue weighted by molar-refractivity contribution is -0.131. The van der Waals surface area contributed by atoms with Gasteiger partial charge in [0.1, 0.15) is 17.2 Å². The molecule has 2 amide bonds. The lowest BCUT2D eigenvalue weighted by Gasteiger charge is -2.24. The van der Waals surface area contributed by atoms with E-state index >= 15 is 0 Å². The number of benzene rings is 1. The van der Waals surface area contributed by atoms with Crippen LogP contribution in [0.5, 0.6) is 0 Å². The molecule has 2 aliphatic heterocycles. The van der Waals surface area contributed by atoms with Gasteiger partial charge in [0.05, 0.1) is 34.5 Å². The first-order valence-electron chi connectivity index (χ1n) is 13.5. The van der Waals surface area contributed by atoms with Gasteiger partial charge in [0, 0.05) is 36.8 Å². The fraction of sp³-hybridized carbons (Fsp3) is 0.464. The fourth-order valence-electron chi connectivity index (χ4n) is 5.13. The number of nitrogens with one attached hydrogen (secondary N) is 1. The third-order valence-corrected chi connectivity index (χ3v) is 7.94. The van der Waals surface area contributed by atoms with E-state index < -0.39 is 11.7 Å². The number of likely N-dealkylation sites (tertiary alicyclic amines) is 1. The third-order valence-electron chi connectivity index (χ3n) is 7.20. The van der Waals surface area contributed by atoms with Crippen molar-refractivity contribution in [3.05, 3.63) is 51.9 Å². The van der Waals surface area contributed by atoms with E-state index in [1.807, 2.05) is 42.4 Å². The minimum absolute atomic E-state index is 0.0728. The number of hydrogen-bond acceptors (Lipinski definition) is 7. The summed E-state index contributed by atoms with van der Waals surface area (Å²) < 4.78 is 7.54. The number of fused-ring (bicyclic) bond motifs is 1. The Kier molecular flexibility index (Phi) is 6.86. The van der Waals surface area contributed by atoms with Crippen LogP contribution < -0.4 is 5.32 Å². The highest BCUT2D eigenvalue weighted by Gasteiger charge is 2.37. The first kappa shape index (κ1) is 26.8. The highest BCUT2D eigenvalue weighted by Crippen LogP contribution is 2.35. The second-order valence-electron chi connectivity index (χ2n) is 11.6. The van der Waals surface area contributed by atoms with E-state index in [4.69, 9.17) is 37.9 Å². The van der Waals surface area contributed by atoms with Crippen LogP contribution in [0.2, 0.25) is 10.0 Å². The summed E-state index contributed by atoms with van der Waals surface area (Å²) in [6, 6.07) is 7.25. The van der Waals surface area contributed by atoms with E-state index in [9.17, 15) is 9.59 Å². The number of rotatable bonds is 5. The lowest BCUT2D eigenvalue weighted by Crippen LogP contribution is -2.33. The molecule has 0 unspecified atom stereocenters. The van der Waals surface area contributed by atoms with Gasteiger partial charge in [-0.2, -0.15) is 4.98 Å². The minimum atomic E-state index is -0.607. The molecule has 0 radical (unpaired) electrons. The molecule has 1 aliphatic carbocycles. The predicted octanol–water partition coefficient (Wildman–Crippen LogP) is 5.31. The fourth-order valence-corrected chi connectivity index (χ4v) is 5.43. The van der Waals surface area contributed by atoms with E-state index in [0.717, 1.165) is 42.8 Å². The average molecular weight is 585 g/mol. The van der Waals surface area contributed by atoms with Crippen molar-refractivity contribution in [3.63, 3.8) is 0 Å². The molecule has 3 aliphatic rings. The van der Waals surface area contributed by atoms with Gasteiger partial charge in [0.2, 0.25) is 11.9 Å². The van der Waals surface area contributed by atoms with E-state index in [1.54, 1.807) is 23.2 Å². The molecule has 210 valence electrons. The summed E-state index contributed by atoms with van der Waals surface area (Å²) >= 11 is 12.5. The first-order valence-corrected chi connectivity index (χ1v) is 14.2. The predicted molar refractivity (Wildman–Crippen MR) is 151 cm³/mol. The Labute approximate surface area is 242 Å². The molecule has 1 N–H and O–H groups in total. The molecule has 6 rings (SSSR count). The highest BCUT2D eigenvalue weighted by atomic mass is 35.5. The van der Waals surface area contributed by atoms with E-state index in [1.165, 1.54) is 0 Å². The molecule has 0 bridgehead atoms. The number of halogens is 2. The summed E-state index contributed by atoms with van der Waals surface area (Å²) in [5, 5.41) is 4.28. The Bertz CT molecular complexity index is 1480. The molecule has 10 nitrogen and oxygen atoms in total. The van der Waals surface area contributed by atoms with E-state index in [-0.39, 0.29) is 17.9 Å². The molecule has 1 saturated heterocycles. The quantitative estimate of drug-likeness (QED) is 0.434. The van der Waals surface area contributed by atoms with Crippen molar-refractivity contribution in [1.82, 2.24) is 29.3 Å². The summed E-state index contributed by atoms with van der Waals surface area (Å²) in [5.74, 6) is 2.17. The molecule has 4 heterocycles. The van der Waals surface area contributed by atoms with E-state index in [2.05, 4.69) is 10.3 Å². The number of aromatic nitrogens is 4. The number of anilines is 1. The summed E-state index contributed by atoms with van der Waals surface area (Å²) in [4.78, 5) is 43.1. The number of imidazole rings is 1. The van der Waals surface area contributed by atoms with Crippen LogP contribution in [0, 0.1) is 5.92 Å². The molecule has 2 aromatic heterocycles. The molecule has 1 atom stereocenters. The topological polar surface area (TPSA) is 105 Å². The maximum absolute atomic E-state index is 12.9. The summed E-state index contributed by atoms with van der Waals surface area (Å²) in [5.41, 5.74) is 1.75. The van der Waals surface area contributed by atoms with Gasteiger partial charge in [-0.3, -0.25) is 14.3 Å². The zero-order valence-corrected chi connectivity index (χ0v) is 24.2. The lowest BCUT2D eigenvalue weighted by atomic mass is 10.2. The molecule has 0 spiro atoms. The van der Waals surface area contributed by atoms with Crippen LogP contribution >= 0.6 is 23.2 Å². The largest absolute Gasteiger partial charge is 0.444 e. The number of carbonyl (C=O) groups is 2. The molecular formula is C28H31Cl2N7O3. The van der Waals surface area contributed by atoms with Gasteiger partial charge in [-0.25, -0.2) is 14.8 Å². The maximum Gasteiger partial charge on any atom is 0.410 e. The SMILES string of the molecule is CC(C)(C)OC(=O)N1Cc2nc(-c3ccc(Cl)c(Cl)c3)n(-c3ccnc(N[C@H]4CCN(C(=O)C5CC5)C4)n3)c2C1. The second-order valence-corrected chi connectivity index (χ2v) is 12.4. The van der Waals surface area contributed by atoms with Crippen molar-refractivity contribution in [2.75, 3.05) is 18.4 Å². The zero-order chi connectivity index (χ0) is 28.2. The number of amides is 2. The second kappa shape index (κ2) is 10.2. The van der Waals surface area contributed by atoms with Crippen molar-refractivity contribution in [1.29, 1.82) is 0 Å². The smallest absolute Gasteiger partial charge is 0.410 e. The molecule has 1 saturated carbocycles. The van der Waals surface area contributed by atoms with Crippen molar-refractivity contribution < 1.29 is 14.3 Å². The summed E-state index contributed by atoms with van der Waals surface area (Å²) in [7, 11) is 0. The maximum atomic E-state index is 12.9. The van der Waals surface area contributed by atoms with Crippen molar-refractivity contribution in [2.24, 2.45) is 5.92 Å². The molecular weight excluding hydrogens is 553 g/mol. The van der Waals surface area contributed by atoms with Crippen molar-refractivity contribution in [2.45, 2.75) is 64.8 Å². The number of ether oxygens (including phenoxy) is 1. The van der Waals surface area contributed by atoms with Crippen LogP contribution in [-0.2, 0) is 22.6 Å².